The van der Waals surface area contributed by atoms with Gasteiger partial charge in [-0.05, 0) is 19.7 Å². The van der Waals surface area contributed by atoms with Crippen molar-refractivity contribution in [2.24, 2.45) is 0 Å². The quantitative estimate of drug-likeness (QED) is 0.558. The van der Waals surface area contributed by atoms with Crippen LogP contribution in [0.15, 0.2) is 43.0 Å². The topological polar surface area (TPSA) is 29.5 Å². The Hall–Kier alpha value is -1.61. The van der Waals surface area contributed by atoms with Crippen molar-refractivity contribution in [2.75, 3.05) is 20.7 Å². The molecule has 0 spiro atoms. The smallest absolute Gasteiger partial charge is 0.330 e. The van der Waals surface area contributed by atoms with Crippen LogP contribution in [0.5, 0.6) is 0 Å². The molecule has 0 amide bonds. The van der Waals surface area contributed by atoms with E-state index in [-0.39, 0.29) is 12.0 Å². The first-order valence-electron chi connectivity index (χ1n) is 5.65. The Balaban J connectivity index is 2.56. The molecule has 0 aromatic heterocycles. The summed E-state index contributed by atoms with van der Waals surface area (Å²) in [5.41, 5.74) is 1.23. The van der Waals surface area contributed by atoms with E-state index in [4.69, 9.17) is 4.74 Å². The van der Waals surface area contributed by atoms with Gasteiger partial charge in [-0.3, -0.25) is 0 Å². The van der Waals surface area contributed by atoms with Crippen molar-refractivity contribution in [3.8, 4) is 0 Å². The predicted molar refractivity (Wildman–Crippen MR) is 68.6 cm³/mol. The maximum absolute atomic E-state index is 10.9. The molecule has 0 saturated carbocycles. The van der Waals surface area contributed by atoms with Gasteiger partial charge in [0.1, 0.15) is 0 Å². The van der Waals surface area contributed by atoms with Gasteiger partial charge in [-0.1, -0.05) is 36.9 Å². The summed E-state index contributed by atoms with van der Waals surface area (Å²) in [6.07, 6.45) is 1.96. The van der Waals surface area contributed by atoms with Crippen molar-refractivity contribution in [1.29, 1.82) is 0 Å². The first-order chi connectivity index (χ1) is 8.15. The zero-order valence-corrected chi connectivity index (χ0v) is 10.4. The fourth-order valence-electron chi connectivity index (χ4n) is 1.73. The van der Waals surface area contributed by atoms with Crippen molar-refractivity contribution >= 4 is 5.97 Å². The Labute approximate surface area is 103 Å². The van der Waals surface area contributed by atoms with E-state index in [1.807, 2.05) is 32.3 Å². The normalized spacial score (nSPS) is 12.2. The largest absolute Gasteiger partial charge is 0.462 e. The van der Waals surface area contributed by atoms with Gasteiger partial charge in [-0.15, -0.1) is 0 Å². The summed E-state index contributed by atoms with van der Waals surface area (Å²) in [6, 6.07) is 10.4. The molecular formula is C14H19NO2. The summed E-state index contributed by atoms with van der Waals surface area (Å²) in [6.45, 7) is 3.77. The lowest BCUT2D eigenvalue weighted by molar-refractivity contribution is -0.138. The molecule has 92 valence electrons. The molecular weight excluding hydrogens is 214 g/mol. The van der Waals surface area contributed by atoms with Gasteiger partial charge in [0.15, 0.2) is 0 Å². The van der Waals surface area contributed by atoms with Crippen LogP contribution >= 0.6 is 0 Å². The van der Waals surface area contributed by atoms with Crippen LogP contribution < -0.4 is 0 Å². The monoisotopic (exact) mass is 233 g/mol. The van der Waals surface area contributed by atoms with E-state index in [1.54, 1.807) is 0 Å². The van der Waals surface area contributed by atoms with Crippen molar-refractivity contribution < 1.29 is 9.53 Å². The minimum absolute atomic E-state index is 0.258. The molecule has 1 aromatic rings. The number of hydrogen-bond acceptors (Lipinski definition) is 3. The highest BCUT2D eigenvalue weighted by Gasteiger charge is 2.13. The highest BCUT2D eigenvalue weighted by atomic mass is 16.5. The number of carbonyl (C=O) groups excluding carboxylic acids is 1. The van der Waals surface area contributed by atoms with E-state index in [9.17, 15) is 4.79 Å². The molecule has 3 heteroatoms. The Morgan fingerprint density at radius 3 is 2.59 bits per heavy atom. The maximum atomic E-state index is 10.9. The standard InChI is InChI=1S/C14H19NO2/c1-4-14(16)17-11-10-13(15(2)3)12-8-6-5-7-9-12/h4-9,13H,1,10-11H2,2-3H3. The lowest BCUT2D eigenvalue weighted by atomic mass is 10.0. The molecule has 0 aliphatic rings. The second-order valence-electron chi connectivity index (χ2n) is 4.05. The molecule has 1 atom stereocenters. The summed E-state index contributed by atoms with van der Waals surface area (Å²) in [5, 5.41) is 0. The van der Waals surface area contributed by atoms with Gasteiger partial charge in [-0.25, -0.2) is 4.79 Å². The molecule has 0 saturated heterocycles. The lowest BCUT2D eigenvalue weighted by Gasteiger charge is -2.24. The minimum Gasteiger partial charge on any atom is -0.462 e. The van der Waals surface area contributed by atoms with Crippen LogP contribution in [0.3, 0.4) is 0 Å². The van der Waals surface area contributed by atoms with Crippen molar-refractivity contribution in [2.45, 2.75) is 12.5 Å². The van der Waals surface area contributed by atoms with Gasteiger partial charge in [0, 0.05) is 18.5 Å². The first kappa shape index (κ1) is 13.5. The van der Waals surface area contributed by atoms with E-state index in [0.29, 0.717) is 6.61 Å². The van der Waals surface area contributed by atoms with E-state index in [2.05, 4.69) is 23.6 Å². The molecule has 0 heterocycles. The minimum atomic E-state index is -0.365. The number of rotatable bonds is 6. The summed E-state index contributed by atoms with van der Waals surface area (Å²) in [7, 11) is 4.04. The molecule has 1 rings (SSSR count). The first-order valence-corrected chi connectivity index (χ1v) is 5.65. The van der Waals surface area contributed by atoms with Gasteiger partial charge in [-0.2, -0.15) is 0 Å². The highest BCUT2D eigenvalue weighted by Crippen LogP contribution is 2.21. The van der Waals surface area contributed by atoms with Crippen LogP contribution in [0.2, 0.25) is 0 Å². The summed E-state index contributed by atoms with van der Waals surface area (Å²) >= 11 is 0. The van der Waals surface area contributed by atoms with Crippen LogP contribution in [-0.4, -0.2) is 31.6 Å². The van der Waals surface area contributed by atoms with E-state index >= 15 is 0 Å². The second kappa shape index (κ2) is 6.86. The molecule has 0 aliphatic heterocycles. The summed E-state index contributed by atoms with van der Waals surface area (Å²) in [5.74, 6) is -0.365. The third-order valence-electron chi connectivity index (χ3n) is 2.61. The molecule has 0 aliphatic carbocycles. The number of nitrogens with zero attached hydrogens (tertiary/aromatic N) is 1. The van der Waals surface area contributed by atoms with Crippen LogP contribution in [0.4, 0.5) is 0 Å². The molecule has 0 fully saturated rings. The Bertz CT molecular complexity index is 360. The van der Waals surface area contributed by atoms with Crippen LogP contribution in [0.25, 0.3) is 0 Å². The van der Waals surface area contributed by atoms with E-state index in [1.165, 1.54) is 11.6 Å². The molecule has 0 N–H and O–H groups in total. The second-order valence-corrected chi connectivity index (χ2v) is 4.05. The average molecular weight is 233 g/mol. The van der Waals surface area contributed by atoms with Gasteiger partial charge >= 0.3 is 5.97 Å². The maximum Gasteiger partial charge on any atom is 0.330 e. The van der Waals surface area contributed by atoms with Gasteiger partial charge in [0.25, 0.3) is 0 Å². The fraction of sp³-hybridized carbons (Fsp3) is 0.357. The third-order valence-corrected chi connectivity index (χ3v) is 2.61. The molecule has 1 aromatic carbocycles. The number of esters is 1. The number of hydrogen-bond donors (Lipinski definition) is 0. The third kappa shape index (κ3) is 4.41. The molecule has 17 heavy (non-hydrogen) atoms. The summed E-state index contributed by atoms with van der Waals surface area (Å²) in [4.78, 5) is 13.1. The average Bonchev–Trinajstić information content (AvgIpc) is 2.34. The SMILES string of the molecule is C=CC(=O)OCCC(c1ccccc1)N(C)C. The zero-order chi connectivity index (χ0) is 12.7. The fourth-order valence-corrected chi connectivity index (χ4v) is 1.73. The highest BCUT2D eigenvalue weighted by molar-refractivity contribution is 5.81. The van der Waals surface area contributed by atoms with Crippen LogP contribution in [0, 0.1) is 0 Å². The molecule has 0 radical (unpaired) electrons. The van der Waals surface area contributed by atoms with Gasteiger partial charge in [0.2, 0.25) is 0 Å². The van der Waals surface area contributed by atoms with Crippen LogP contribution in [-0.2, 0) is 9.53 Å². The molecule has 1 unspecified atom stereocenters. The van der Waals surface area contributed by atoms with Crippen molar-refractivity contribution in [3.63, 3.8) is 0 Å². The van der Waals surface area contributed by atoms with Gasteiger partial charge < -0.3 is 9.64 Å². The lowest BCUT2D eigenvalue weighted by Crippen LogP contribution is -2.22. The predicted octanol–water partition coefficient (Wildman–Crippen LogP) is 2.41. The Morgan fingerprint density at radius 2 is 2.06 bits per heavy atom. The number of ether oxygens (including phenoxy) is 1. The number of benzene rings is 1. The van der Waals surface area contributed by atoms with Crippen molar-refractivity contribution in [3.05, 3.63) is 48.6 Å². The summed E-state index contributed by atoms with van der Waals surface area (Å²) < 4.78 is 5.01. The zero-order valence-electron chi connectivity index (χ0n) is 10.4. The Kier molecular flexibility index (Phi) is 5.43. The van der Waals surface area contributed by atoms with E-state index in [0.717, 1.165) is 6.42 Å². The van der Waals surface area contributed by atoms with Crippen LogP contribution in [0.1, 0.15) is 18.0 Å². The van der Waals surface area contributed by atoms with E-state index < -0.39 is 0 Å². The van der Waals surface area contributed by atoms with Crippen molar-refractivity contribution in [1.82, 2.24) is 4.90 Å². The Morgan fingerprint density at radius 1 is 1.41 bits per heavy atom. The van der Waals surface area contributed by atoms with Gasteiger partial charge in [0.05, 0.1) is 6.61 Å². The molecule has 0 bridgehead atoms. The number of carbonyl (C=O) groups is 1. The molecule has 3 nitrogen and oxygen atoms in total.